The maximum atomic E-state index is 15.0. The number of nitrogens with zero attached hydrogens (tertiary/aromatic N) is 3. The summed E-state index contributed by atoms with van der Waals surface area (Å²) in [6.45, 7) is 4.17. The van der Waals surface area contributed by atoms with E-state index in [2.05, 4.69) is 15.3 Å². The van der Waals surface area contributed by atoms with E-state index in [0.29, 0.717) is 39.6 Å². The maximum absolute atomic E-state index is 15.0. The molecule has 3 aromatic rings. The molecule has 1 aliphatic heterocycles. The molecule has 0 saturated carbocycles. The zero-order chi connectivity index (χ0) is 23.7. The van der Waals surface area contributed by atoms with Crippen LogP contribution in [0.5, 0.6) is 0 Å². The highest BCUT2D eigenvalue weighted by Gasteiger charge is 2.33. The minimum atomic E-state index is -1.35. The lowest BCUT2D eigenvalue weighted by Crippen LogP contribution is -2.52. The number of carbonyl (C=O) groups is 2. The molecular formula is C22H21ClFN5O3S. The average molecular weight is 490 g/mol. The molecule has 1 aliphatic rings. The number of halogens is 2. The number of amides is 1. The fraction of sp³-hybridized carbons (Fsp3) is 0.364. The van der Waals surface area contributed by atoms with Crippen molar-refractivity contribution >= 4 is 50.2 Å². The monoisotopic (exact) mass is 489 g/mol. The first kappa shape index (κ1) is 23.0. The molecule has 0 unspecified atom stereocenters. The summed E-state index contributed by atoms with van der Waals surface area (Å²) in [5.74, 6) is -0.985. The number of hydrogen-bond acceptors (Lipinski definition) is 7. The van der Waals surface area contributed by atoms with Crippen molar-refractivity contribution in [1.82, 2.24) is 15.3 Å². The fourth-order valence-corrected chi connectivity index (χ4v) is 5.09. The van der Waals surface area contributed by atoms with Crippen molar-refractivity contribution in [2.75, 3.05) is 24.6 Å². The highest BCUT2D eigenvalue weighted by atomic mass is 35.5. The summed E-state index contributed by atoms with van der Waals surface area (Å²) in [5, 5.41) is 12.7. The third kappa shape index (κ3) is 4.38. The number of benzene rings is 1. The number of thiazole rings is 1. The second-order valence-electron chi connectivity index (χ2n) is 7.63. The molecule has 3 heterocycles. The lowest BCUT2D eigenvalue weighted by molar-refractivity contribution is 0.0528. The van der Waals surface area contributed by atoms with Crippen LogP contribution in [0.25, 0.3) is 10.2 Å². The summed E-state index contributed by atoms with van der Waals surface area (Å²) in [4.78, 5) is 34.1. The number of nitrogens with one attached hydrogen (secondary N) is 2. The van der Waals surface area contributed by atoms with Crippen molar-refractivity contribution in [1.29, 1.82) is 5.26 Å². The standard InChI is InChI=1S/C22H21ClFN5O3S/c1-3-32-21(31)12-5-4-6-16-19(12)33-22(28-16)29-8-7-15(14(24)10-29)27-20(30)18-13(9-25)17(23)11(2)26-18/h4-6,14-15,26H,3,7-8,10H2,1-2H3,(H,27,30)/t14-,15+/m0/s1. The highest BCUT2D eigenvalue weighted by molar-refractivity contribution is 7.22. The van der Waals surface area contributed by atoms with Crippen molar-refractivity contribution in [2.45, 2.75) is 32.5 Å². The molecule has 2 atom stereocenters. The smallest absolute Gasteiger partial charge is 0.339 e. The molecule has 11 heteroatoms. The number of esters is 1. The van der Waals surface area contributed by atoms with Crippen LogP contribution in [0.1, 0.15) is 45.4 Å². The van der Waals surface area contributed by atoms with E-state index in [-0.39, 0.29) is 29.4 Å². The molecule has 33 heavy (non-hydrogen) atoms. The lowest BCUT2D eigenvalue weighted by Gasteiger charge is -2.34. The Labute approximate surface area is 198 Å². The van der Waals surface area contributed by atoms with Crippen LogP contribution in [0.2, 0.25) is 5.02 Å². The number of rotatable bonds is 5. The summed E-state index contributed by atoms with van der Waals surface area (Å²) < 4.78 is 20.8. The van der Waals surface area contributed by atoms with Gasteiger partial charge in [0.25, 0.3) is 5.91 Å². The molecule has 1 fully saturated rings. The Morgan fingerprint density at radius 1 is 1.48 bits per heavy atom. The Balaban J connectivity index is 1.48. The van der Waals surface area contributed by atoms with Crippen LogP contribution in [0, 0.1) is 18.3 Å². The van der Waals surface area contributed by atoms with Crippen LogP contribution in [0.15, 0.2) is 18.2 Å². The van der Waals surface area contributed by atoms with Gasteiger partial charge in [-0.2, -0.15) is 5.26 Å². The zero-order valence-corrected chi connectivity index (χ0v) is 19.5. The SMILES string of the molecule is CCOC(=O)c1cccc2nc(N3CC[C@@H](NC(=O)c4[nH]c(C)c(Cl)c4C#N)[C@@H](F)C3)sc12. The van der Waals surface area contributed by atoms with Crippen molar-refractivity contribution < 1.29 is 18.7 Å². The molecule has 8 nitrogen and oxygen atoms in total. The van der Waals surface area contributed by atoms with Gasteiger partial charge >= 0.3 is 5.97 Å². The van der Waals surface area contributed by atoms with Gasteiger partial charge in [0, 0.05) is 12.2 Å². The first-order valence-electron chi connectivity index (χ1n) is 10.4. The first-order valence-corrected chi connectivity index (χ1v) is 11.6. The van der Waals surface area contributed by atoms with Crippen LogP contribution in [-0.4, -0.2) is 53.8 Å². The van der Waals surface area contributed by atoms with Gasteiger partial charge in [-0.1, -0.05) is 29.0 Å². The summed E-state index contributed by atoms with van der Waals surface area (Å²) in [6.07, 6.45) is -1.00. The average Bonchev–Trinajstić information content (AvgIpc) is 3.36. The normalized spacial score (nSPS) is 18.2. The van der Waals surface area contributed by atoms with Crippen molar-refractivity contribution in [3.63, 3.8) is 0 Å². The minimum absolute atomic E-state index is 0.0345. The van der Waals surface area contributed by atoms with Gasteiger partial charge in [-0.3, -0.25) is 4.79 Å². The Hall–Kier alpha value is -3.16. The molecular weight excluding hydrogens is 469 g/mol. The number of aromatic amines is 1. The van der Waals surface area contributed by atoms with Crippen LogP contribution in [0.4, 0.5) is 9.52 Å². The van der Waals surface area contributed by atoms with E-state index >= 15 is 4.39 Å². The molecule has 0 bridgehead atoms. The van der Waals surface area contributed by atoms with E-state index in [4.69, 9.17) is 16.3 Å². The number of nitriles is 1. The number of aromatic nitrogens is 2. The lowest BCUT2D eigenvalue weighted by atomic mass is 10.0. The number of piperidine rings is 1. The third-order valence-corrected chi connectivity index (χ3v) is 7.12. The van der Waals surface area contributed by atoms with Gasteiger partial charge in [-0.15, -0.1) is 0 Å². The molecule has 0 spiro atoms. The second kappa shape index (κ2) is 9.37. The number of carbonyl (C=O) groups excluding carboxylic acids is 2. The number of hydrogen-bond donors (Lipinski definition) is 2. The largest absolute Gasteiger partial charge is 0.462 e. The van der Waals surface area contributed by atoms with Gasteiger partial charge in [0.1, 0.15) is 23.5 Å². The maximum Gasteiger partial charge on any atom is 0.339 e. The van der Waals surface area contributed by atoms with Gasteiger partial charge in [0.15, 0.2) is 5.13 Å². The van der Waals surface area contributed by atoms with Crippen LogP contribution >= 0.6 is 22.9 Å². The number of fused-ring (bicyclic) bond motifs is 1. The molecule has 1 aromatic carbocycles. The molecule has 0 radical (unpaired) electrons. The first-order chi connectivity index (χ1) is 15.8. The quantitative estimate of drug-likeness (QED) is 0.524. The van der Waals surface area contributed by atoms with Gasteiger partial charge in [0.05, 0.1) is 40.0 Å². The van der Waals surface area contributed by atoms with E-state index in [9.17, 15) is 14.9 Å². The summed E-state index contributed by atoms with van der Waals surface area (Å²) in [5.41, 5.74) is 1.67. The van der Waals surface area contributed by atoms with Gasteiger partial charge in [-0.25, -0.2) is 14.2 Å². The Bertz CT molecular complexity index is 1270. The molecule has 172 valence electrons. The molecule has 0 aliphatic carbocycles. The highest BCUT2D eigenvalue weighted by Crippen LogP contribution is 2.33. The summed E-state index contributed by atoms with van der Waals surface area (Å²) >= 11 is 7.36. The summed E-state index contributed by atoms with van der Waals surface area (Å²) in [7, 11) is 0. The predicted octanol–water partition coefficient (Wildman–Crippen LogP) is 3.98. The van der Waals surface area contributed by atoms with Crippen molar-refractivity contribution in [3.8, 4) is 6.07 Å². The van der Waals surface area contributed by atoms with Gasteiger partial charge in [0.2, 0.25) is 0 Å². The van der Waals surface area contributed by atoms with E-state index in [1.807, 2.05) is 11.0 Å². The molecule has 2 aromatic heterocycles. The van der Waals surface area contributed by atoms with Crippen LogP contribution in [-0.2, 0) is 4.74 Å². The summed E-state index contributed by atoms with van der Waals surface area (Å²) in [6, 6.07) is 6.42. The number of aryl methyl sites for hydroxylation is 1. The van der Waals surface area contributed by atoms with Crippen LogP contribution in [0.3, 0.4) is 0 Å². The van der Waals surface area contributed by atoms with Gasteiger partial charge < -0.3 is 19.9 Å². The number of anilines is 1. The van der Waals surface area contributed by atoms with E-state index < -0.39 is 24.1 Å². The number of H-pyrrole nitrogens is 1. The Morgan fingerprint density at radius 2 is 2.27 bits per heavy atom. The number of alkyl halides is 1. The van der Waals surface area contributed by atoms with Crippen LogP contribution < -0.4 is 10.2 Å². The number of ether oxygens (including phenoxy) is 1. The van der Waals surface area contributed by atoms with E-state index in [1.54, 1.807) is 32.0 Å². The van der Waals surface area contributed by atoms with E-state index in [1.165, 1.54) is 11.3 Å². The third-order valence-electron chi connectivity index (χ3n) is 5.48. The molecule has 4 rings (SSSR count). The fourth-order valence-electron chi connectivity index (χ4n) is 3.80. The van der Waals surface area contributed by atoms with Crippen molar-refractivity contribution in [3.05, 3.63) is 45.7 Å². The zero-order valence-electron chi connectivity index (χ0n) is 17.9. The Morgan fingerprint density at radius 3 is 2.97 bits per heavy atom. The second-order valence-corrected chi connectivity index (χ2v) is 8.98. The molecule has 1 saturated heterocycles. The minimum Gasteiger partial charge on any atom is -0.462 e. The predicted molar refractivity (Wildman–Crippen MR) is 124 cm³/mol. The topological polar surface area (TPSA) is 111 Å². The van der Waals surface area contributed by atoms with Crippen molar-refractivity contribution in [2.24, 2.45) is 0 Å². The van der Waals surface area contributed by atoms with E-state index in [0.717, 1.165) is 0 Å². The van der Waals surface area contributed by atoms with Gasteiger partial charge in [-0.05, 0) is 32.4 Å². The molecule has 1 amide bonds. The molecule has 2 N–H and O–H groups in total. The Kier molecular flexibility index (Phi) is 6.54.